The number of halogens is 4. The molecule has 2 aromatic rings. The van der Waals surface area contributed by atoms with E-state index in [1.54, 1.807) is 0 Å². The second-order valence-corrected chi connectivity index (χ2v) is 7.89. The van der Waals surface area contributed by atoms with Crippen LogP contribution < -0.4 is 5.32 Å². The highest BCUT2D eigenvalue weighted by molar-refractivity contribution is 6.30. The van der Waals surface area contributed by atoms with Crippen molar-refractivity contribution in [3.63, 3.8) is 0 Å². The molecule has 10 heteroatoms. The third-order valence-corrected chi connectivity index (χ3v) is 5.73. The maximum Gasteiger partial charge on any atom is 0.416 e. The summed E-state index contributed by atoms with van der Waals surface area (Å²) in [6.07, 6.45) is -1.17. The van der Waals surface area contributed by atoms with Gasteiger partial charge >= 0.3 is 6.18 Å². The minimum atomic E-state index is -4.48. The number of amides is 2. The second-order valence-electron chi connectivity index (χ2n) is 7.45. The molecule has 0 radical (unpaired) electrons. The van der Waals surface area contributed by atoms with Crippen molar-refractivity contribution in [1.29, 1.82) is 0 Å². The molecule has 6 nitrogen and oxygen atoms in total. The largest absolute Gasteiger partial charge is 0.416 e. The Labute approximate surface area is 169 Å². The number of nitrogens with zero attached hydrogens (tertiary/aromatic N) is 3. The van der Waals surface area contributed by atoms with E-state index >= 15 is 0 Å². The summed E-state index contributed by atoms with van der Waals surface area (Å²) in [7, 11) is 0. The fourth-order valence-electron chi connectivity index (χ4n) is 3.91. The van der Waals surface area contributed by atoms with Crippen molar-refractivity contribution in [3.05, 3.63) is 52.3 Å². The molecule has 0 saturated heterocycles. The summed E-state index contributed by atoms with van der Waals surface area (Å²) >= 11 is 5.70. The molecule has 1 aliphatic carbocycles. The Morgan fingerprint density at radius 1 is 1.34 bits per heavy atom. The van der Waals surface area contributed by atoms with E-state index in [0.717, 1.165) is 12.1 Å². The van der Waals surface area contributed by atoms with E-state index in [-0.39, 0.29) is 30.5 Å². The van der Waals surface area contributed by atoms with Crippen LogP contribution in [-0.4, -0.2) is 39.8 Å². The van der Waals surface area contributed by atoms with Crippen molar-refractivity contribution in [2.45, 2.75) is 24.9 Å². The minimum Gasteiger partial charge on any atom is -0.328 e. The fraction of sp³-hybridized carbons (Fsp3) is 0.368. The number of carbonyl (C=O) groups is 2. The van der Waals surface area contributed by atoms with Gasteiger partial charge in [-0.2, -0.15) is 13.2 Å². The summed E-state index contributed by atoms with van der Waals surface area (Å²) < 4.78 is 39.4. The van der Waals surface area contributed by atoms with Crippen molar-refractivity contribution in [2.75, 3.05) is 18.4 Å². The quantitative estimate of drug-likeness (QED) is 0.818. The number of hydrogen-bond acceptors (Lipinski definition) is 4. The van der Waals surface area contributed by atoms with E-state index in [4.69, 9.17) is 11.6 Å². The van der Waals surface area contributed by atoms with Gasteiger partial charge in [0.05, 0.1) is 23.0 Å². The Balaban J connectivity index is 1.58. The van der Waals surface area contributed by atoms with Crippen molar-refractivity contribution >= 4 is 29.4 Å². The predicted molar refractivity (Wildman–Crippen MR) is 98.5 cm³/mol. The Hall–Kier alpha value is -2.68. The molecule has 1 unspecified atom stereocenters. The normalized spacial score (nSPS) is 23.1. The summed E-state index contributed by atoms with van der Waals surface area (Å²) in [5.41, 5.74) is -0.693. The van der Waals surface area contributed by atoms with E-state index in [1.807, 2.05) is 6.92 Å². The second kappa shape index (κ2) is 6.69. The van der Waals surface area contributed by atoms with Crippen molar-refractivity contribution in [3.8, 4) is 0 Å². The van der Waals surface area contributed by atoms with Gasteiger partial charge in [0.15, 0.2) is 0 Å². The standard InChI is InChI=1S/C19H16ClF3N4O2/c1-10-5-18(10)9-27(8-15(28)26-17-24-6-12(20)7-25-17)16(29)13-3-2-11(4-14(13)18)19(21,22)23/h2-4,6-7,10H,5,8-9H2,1H3,(H,24,25,26,28)/t10?,18-/m1/s1. The molecule has 1 aliphatic heterocycles. The molecule has 2 heterocycles. The predicted octanol–water partition coefficient (Wildman–Crippen LogP) is 3.52. The first kappa shape index (κ1) is 19.6. The minimum absolute atomic E-state index is 0.0496. The average molecular weight is 425 g/mol. The molecule has 1 aromatic heterocycles. The molecule has 1 spiro atoms. The van der Waals surface area contributed by atoms with Crippen molar-refractivity contribution in [2.24, 2.45) is 5.92 Å². The van der Waals surface area contributed by atoms with E-state index in [1.165, 1.54) is 23.4 Å². The molecule has 1 aromatic carbocycles. The van der Waals surface area contributed by atoms with Gasteiger partial charge in [0, 0.05) is 17.5 Å². The molecule has 1 fully saturated rings. The lowest BCUT2D eigenvalue weighted by Gasteiger charge is -2.35. The average Bonchev–Trinajstić information content (AvgIpc) is 3.30. The monoisotopic (exact) mass is 424 g/mol. The first-order valence-corrected chi connectivity index (χ1v) is 9.26. The first-order valence-electron chi connectivity index (χ1n) is 8.88. The fourth-order valence-corrected chi connectivity index (χ4v) is 4.01. The molecule has 1 saturated carbocycles. The Morgan fingerprint density at radius 3 is 2.59 bits per heavy atom. The van der Waals surface area contributed by atoms with Crippen LogP contribution in [0.3, 0.4) is 0 Å². The zero-order valence-corrected chi connectivity index (χ0v) is 16.0. The molecular formula is C19H16ClF3N4O2. The summed E-state index contributed by atoms with van der Waals surface area (Å²) in [6.45, 7) is 1.87. The molecule has 152 valence electrons. The van der Waals surface area contributed by atoms with Gasteiger partial charge in [-0.3, -0.25) is 14.9 Å². The van der Waals surface area contributed by atoms with Gasteiger partial charge in [-0.05, 0) is 36.1 Å². The number of alkyl halides is 3. The lowest BCUT2D eigenvalue weighted by atomic mass is 9.83. The van der Waals surface area contributed by atoms with Crippen molar-refractivity contribution in [1.82, 2.24) is 14.9 Å². The van der Waals surface area contributed by atoms with Gasteiger partial charge < -0.3 is 4.90 Å². The van der Waals surface area contributed by atoms with E-state index in [9.17, 15) is 22.8 Å². The highest BCUT2D eigenvalue weighted by Crippen LogP contribution is 2.57. The Kier molecular flexibility index (Phi) is 4.53. The number of rotatable bonds is 3. The number of benzene rings is 1. The lowest BCUT2D eigenvalue weighted by Crippen LogP contribution is -2.47. The van der Waals surface area contributed by atoms with Crippen LogP contribution in [0.4, 0.5) is 19.1 Å². The zero-order valence-electron chi connectivity index (χ0n) is 15.3. The highest BCUT2D eigenvalue weighted by Gasteiger charge is 2.58. The Bertz CT molecular complexity index is 996. The van der Waals surface area contributed by atoms with E-state index < -0.39 is 29.0 Å². The lowest BCUT2D eigenvalue weighted by molar-refractivity contribution is -0.137. The molecule has 2 amide bonds. The highest BCUT2D eigenvalue weighted by atomic mass is 35.5. The van der Waals surface area contributed by atoms with Crippen LogP contribution in [0.15, 0.2) is 30.6 Å². The van der Waals surface area contributed by atoms with Gasteiger partial charge in [0.2, 0.25) is 11.9 Å². The SMILES string of the molecule is CC1C[C@@]12CN(CC(=O)Nc1ncc(Cl)cn1)C(=O)c1ccc(C(F)(F)F)cc12. The molecule has 2 aliphatic rings. The smallest absolute Gasteiger partial charge is 0.328 e. The number of fused-ring (bicyclic) bond motifs is 2. The number of hydrogen-bond donors (Lipinski definition) is 1. The van der Waals surface area contributed by atoms with Gasteiger partial charge in [0.1, 0.15) is 6.54 Å². The van der Waals surface area contributed by atoms with E-state index in [0.29, 0.717) is 17.0 Å². The molecule has 29 heavy (non-hydrogen) atoms. The van der Waals surface area contributed by atoms with E-state index in [2.05, 4.69) is 15.3 Å². The van der Waals surface area contributed by atoms with Crippen molar-refractivity contribution < 1.29 is 22.8 Å². The first-order chi connectivity index (χ1) is 13.6. The summed E-state index contributed by atoms with van der Waals surface area (Å²) in [6, 6.07) is 3.19. The summed E-state index contributed by atoms with van der Waals surface area (Å²) in [4.78, 5) is 34.3. The van der Waals surface area contributed by atoms with Crippen LogP contribution in [0.25, 0.3) is 0 Å². The van der Waals surface area contributed by atoms with Gasteiger partial charge in [-0.25, -0.2) is 9.97 Å². The van der Waals surface area contributed by atoms with Crippen LogP contribution in [-0.2, 0) is 16.4 Å². The maximum atomic E-state index is 13.1. The van der Waals surface area contributed by atoms with Crippen LogP contribution in [0.1, 0.15) is 34.8 Å². The molecule has 2 atom stereocenters. The number of aromatic nitrogens is 2. The van der Waals surface area contributed by atoms with Crippen LogP contribution in [0.2, 0.25) is 5.02 Å². The molecular weight excluding hydrogens is 409 g/mol. The molecule has 4 rings (SSSR count). The van der Waals surface area contributed by atoms with Gasteiger partial charge in [0.25, 0.3) is 5.91 Å². The van der Waals surface area contributed by atoms with Crippen LogP contribution in [0, 0.1) is 5.92 Å². The topological polar surface area (TPSA) is 75.2 Å². The van der Waals surface area contributed by atoms with Gasteiger partial charge in [-0.15, -0.1) is 0 Å². The summed E-state index contributed by atoms with van der Waals surface area (Å²) in [5, 5.41) is 2.80. The molecule has 1 N–H and O–H groups in total. The maximum absolute atomic E-state index is 13.1. The Morgan fingerprint density at radius 2 is 2.00 bits per heavy atom. The number of anilines is 1. The van der Waals surface area contributed by atoms with Crippen LogP contribution in [0.5, 0.6) is 0 Å². The zero-order chi connectivity index (χ0) is 21.0. The molecule has 0 bridgehead atoms. The third kappa shape index (κ3) is 3.55. The third-order valence-electron chi connectivity index (χ3n) is 5.53. The number of nitrogens with one attached hydrogen (secondary N) is 1. The van der Waals surface area contributed by atoms with Gasteiger partial charge in [-0.1, -0.05) is 18.5 Å². The van der Waals surface area contributed by atoms with Crippen LogP contribution >= 0.6 is 11.6 Å². The number of carbonyl (C=O) groups excluding carboxylic acids is 2. The summed E-state index contributed by atoms with van der Waals surface area (Å²) in [5.74, 6) is -0.804.